The van der Waals surface area contributed by atoms with Crippen molar-refractivity contribution in [2.45, 2.75) is 29.7 Å². The van der Waals surface area contributed by atoms with Crippen molar-refractivity contribution in [2.75, 3.05) is 6.54 Å². The van der Waals surface area contributed by atoms with E-state index >= 15 is 0 Å². The second-order valence-corrected chi connectivity index (χ2v) is 4.71. The van der Waals surface area contributed by atoms with Gasteiger partial charge in [-0.15, -0.1) is 0 Å². The van der Waals surface area contributed by atoms with E-state index in [9.17, 15) is 4.79 Å². The number of hydrogen-bond donors (Lipinski definition) is 1. The molecule has 0 bridgehead atoms. The van der Waals surface area contributed by atoms with Gasteiger partial charge in [-0.3, -0.25) is 0 Å². The molecule has 1 fully saturated rings. The largest absolute Gasteiger partial charge is 0.465 e. The van der Waals surface area contributed by atoms with Crippen LogP contribution in [0.15, 0.2) is 0 Å². The van der Waals surface area contributed by atoms with E-state index in [1.165, 1.54) is 4.90 Å². The van der Waals surface area contributed by atoms with Crippen molar-refractivity contribution in [1.82, 2.24) is 4.90 Å². The van der Waals surface area contributed by atoms with E-state index in [1.807, 2.05) is 6.92 Å². The molecule has 1 aliphatic heterocycles. The van der Waals surface area contributed by atoms with Crippen molar-refractivity contribution in [3.05, 3.63) is 0 Å². The number of likely N-dealkylation sites (tertiary alicyclic amines) is 1. The summed E-state index contributed by atoms with van der Waals surface area (Å²) in [6.45, 7) is 2.67. The lowest BCUT2D eigenvalue weighted by Crippen LogP contribution is -2.44. The Morgan fingerprint density at radius 3 is 2.82 bits per heavy atom. The van der Waals surface area contributed by atoms with Crippen LogP contribution in [0.25, 0.3) is 0 Å². The molecule has 0 radical (unpaired) electrons. The van der Waals surface area contributed by atoms with Gasteiger partial charge in [-0.2, -0.15) is 0 Å². The Morgan fingerprint density at radius 1 is 1.73 bits per heavy atom. The highest BCUT2D eigenvalue weighted by Gasteiger charge is 2.26. The average Bonchev–Trinajstić information content (AvgIpc) is 1.85. The summed E-state index contributed by atoms with van der Waals surface area (Å²) in [5, 5.41) is 8.72. The van der Waals surface area contributed by atoms with Crippen LogP contribution in [0.3, 0.4) is 0 Å². The molecule has 1 heterocycles. The summed E-state index contributed by atoms with van der Waals surface area (Å²) in [5.74, 6) is 0. The molecular formula is C7H12INO2. The Hall–Kier alpha value is 0. The fraction of sp³-hybridized carbons (Fsp3) is 0.857. The van der Waals surface area contributed by atoms with Gasteiger partial charge >= 0.3 is 6.09 Å². The van der Waals surface area contributed by atoms with Crippen LogP contribution in [0.2, 0.25) is 0 Å². The molecule has 0 spiro atoms. The Morgan fingerprint density at radius 2 is 2.36 bits per heavy atom. The Labute approximate surface area is 79.9 Å². The van der Waals surface area contributed by atoms with Crippen LogP contribution >= 0.6 is 22.6 Å². The average molecular weight is 269 g/mol. The summed E-state index contributed by atoms with van der Waals surface area (Å²) < 4.78 is 0.651. The van der Waals surface area contributed by atoms with Gasteiger partial charge in [-0.05, 0) is 19.8 Å². The molecule has 1 aliphatic rings. The maximum atomic E-state index is 10.6. The Kier molecular flexibility index (Phi) is 2.98. The van der Waals surface area contributed by atoms with E-state index < -0.39 is 6.09 Å². The molecule has 0 saturated carbocycles. The number of nitrogens with zero attached hydrogens (tertiary/aromatic N) is 1. The number of rotatable bonds is 0. The molecule has 3 nitrogen and oxygen atoms in total. The summed E-state index contributed by atoms with van der Waals surface area (Å²) in [7, 11) is 0. The second kappa shape index (κ2) is 3.60. The predicted molar refractivity (Wildman–Crippen MR) is 51.2 cm³/mol. The summed E-state index contributed by atoms with van der Waals surface area (Å²) in [4.78, 5) is 12.1. The minimum atomic E-state index is -0.777. The zero-order valence-corrected chi connectivity index (χ0v) is 8.61. The monoisotopic (exact) mass is 269 g/mol. The molecule has 1 N–H and O–H groups in total. The third kappa shape index (κ3) is 2.21. The lowest BCUT2D eigenvalue weighted by molar-refractivity contribution is 0.115. The zero-order valence-electron chi connectivity index (χ0n) is 6.46. The number of alkyl halides is 1. The zero-order chi connectivity index (χ0) is 8.43. The fourth-order valence-corrected chi connectivity index (χ4v) is 2.41. The molecule has 0 aliphatic carbocycles. The van der Waals surface area contributed by atoms with Gasteiger partial charge in [0.25, 0.3) is 0 Å². The number of hydrogen-bond acceptors (Lipinski definition) is 1. The third-order valence-corrected chi connectivity index (χ3v) is 3.19. The van der Waals surface area contributed by atoms with Gasteiger partial charge in [0, 0.05) is 16.5 Å². The maximum absolute atomic E-state index is 10.6. The van der Waals surface area contributed by atoms with Gasteiger partial charge < -0.3 is 10.0 Å². The number of halogens is 1. The van der Waals surface area contributed by atoms with Gasteiger partial charge in [0.1, 0.15) is 0 Å². The molecule has 4 heteroatoms. The van der Waals surface area contributed by atoms with Crippen LogP contribution < -0.4 is 0 Å². The summed E-state index contributed by atoms with van der Waals surface area (Å²) >= 11 is 2.39. The first-order chi connectivity index (χ1) is 5.11. The van der Waals surface area contributed by atoms with Gasteiger partial charge in [0.2, 0.25) is 0 Å². The van der Waals surface area contributed by atoms with Gasteiger partial charge in [0.15, 0.2) is 0 Å². The molecule has 2 atom stereocenters. The normalized spacial score (nSPS) is 32.0. The van der Waals surface area contributed by atoms with E-state index in [1.54, 1.807) is 0 Å². The molecule has 2 unspecified atom stereocenters. The Balaban J connectivity index is 2.50. The smallest absolute Gasteiger partial charge is 0.407 e. The first kappa shape index (κ1) is 9.09. The van der Waals surface area contributed by atoms with Crippen LogP contribution in [-0.4, -0.2) is 32.6 Å². The lowest BCUT2D eigenvalue weighted by atomic mass is 10.0. The van der Waals surface area contributed by atoms with Crippen LogP contribution in [0.5, 0.6) is 0 Å². The topological polar surface area (TPSA) is 40.5 Å². The molecule has 1 rings (SSSR count). The van der Waals surface area contributed by atoms with E-state index in [0.717, 1.165) is 12.8 Å². The van der Waals surface area contributed by atoms with E-state index in [2.05, 4.69) is 22.6 Å². The van der Waals surface area contributed by atoms with Crippen molar-refractivity contribution in [3.63, 3.8) is 0 Å². The van der Waals surface area contributed by atoms with Crippen molar-refractivity contribution < 1.29 is 9.90 Å². The van der Waals surface area contributed by atoms with Crippen molar-refractivity contribution >= 4 is 28.7 Å². The highest BCUT2D eigenvalue weighted by atomic mass is 127. The van der Waals surface area contributed by atoms with Crippen molar-refractivity contribution in [1.29, 1.82) is 0 Å². The SMILES string of the molecule is CC1CC(I)CCN1C(=O)O. The molecule has 11 heavy (non-hydrogen) atoms. The number of piperidine rings is 1. The second-order valence-electron chi connectivity index (χ2n) is 2.95. The first-order valence-corrected chi connectivity index (χ1v) is 4.99. The number of carbonyl (C=O) groups is 1. The Bertz CT molecular complexity index is 163. The maximum Gasteiger partial charge on any atom is 0.407 e. The highest BCUT2D eigenvalue weighted by molar-refractivity contribution is 14.1. The third-order valence-electron chi connectivity index (χ3n) is 2.06. The van der Waals surface area contributed by atoms with Gasteiger partial charge in [0.05, 0.1) is 0 Å². The molecule has 64 valence electrons. The first-order valence-electron chi connectivity index (χ1n) is 3.75. The summed E-state index contributed by atoms with van der Waals surface area (Å²) in [6.07, 6.45) is 1.21. The highest BCUT2D eigenvalue weighted by Crippen LogP contribution is 2.22. The van der Waals surface area contributed by atoms with E-state index in [-0.39, 0.29) is 6.04 Å². The minimum Gasteiger partial charge on any atom is -0.465 e. The molecule has 1 amide bonds. The molecular weight excluding hydrogens is 257 g/mol. The van der Waals surface area contributed by atoms with Crippen molar-refractivity contribution in [3.8, 4) is 0 Å². The van der Waals surface area contributed by atoms with Crippen LogP contribution in [0, 0.1) is 0 Å². The van der Waals surface area contributed by atoms with E-state index in [4.69, 9.17) is 5.11 Å². The molecule has 0 aromatic carbocycles. The predicted octanol–water partition coefficient (Wildman–Crippen LogP) is 1.95. The van der Waals surface area contributed by atoms with Crippen LogP contribution in [0.1, 0.15) is 19.8 Å². The van der Waals surface area contributed by atoms with Gasteiger partial charge in [-0.25, -0.2) is 4.79 Å². The van der Waals surface area contributed by atoms with Crippen molar-refractivity contribution in [2.24, 2.45) is 0 Å². The molecule has 0 aromatic heterocycles. The van der Waals surface area contributed by atoms with E-state index in [0.29, 0.717) is 10.5 Å². The van der Waals surface area contributed by atoms with Crippen LogP contribution in [-0.2, 0) is 0 Å². The quantitative estimate of drug-likeness (QED) is 0.539. The molecule has 0 aromatic rings. The number of amides is 1. The molecule has 1 saturated heterocycles. The van der Waals surface area contributed by atoms with Gasteiger partial charge in [-0.1, -0.05) is 22.6 Å². The standard InChI is InChI=1S/C7H12INO2/c1-5-4-6(8)2-3-9(5)7(10)11/h5-6H,2-4H2,1H3,(H,10,11). The fourth-order valence-electron chi connectivity index (χ4n) is 1.40. The lowest BCUT2D eigenvalue weighted by Gasteiger charge is -2.33. The minimum absolute atomic E-state index is 0.197. The number of carboxylic acid groups (broad SMARTS) is 1. The summed E-state index contributed by atoms with van der Waals surface area (Å²) in [5.41, 5.74) is 0. The summed E-state index contributed by atoms with van der Waals surface area (Å²) in [6, 6.07) is 0.197. The van der Waals surface area contributed by atoms with Crippen LogP contribution in [0.4, 0.5) is 4.79 Å².